The summed E-state index contributed by atoms with van der Waals surface area (Å²) in [5.41, 5.74) is 2.65. The molecule has 0 radical (unpaired) electrons. The SMILES string of the molecule is CCC(c1ccccc1)C(C=O)CCCc1ccccc1. The number of benzene rings is 2. The lowest BCUT2D eigenvalue weighted by Gasteiger charge is -2.22. The Labute approximate surface area is 128 Å². The maximum absolute atomic E-state index is 11.5. The molecule has 0 saturated carbocycles. The first kappa shape index (κ1) is 15.5. The minimum atomic E-state index is 0.126. The van der Waals surface area contributed by atoms with Crippen LogP contribution in [0.4, 0.5) is 0 Å². The zero-order chi connectivity index (χ0) is 14.9. The van der Waals surface area contributed by atoms with E-state index >= 15 is 0 Å². The topological polar surface area (TPSA) is 17.1 Å². The average molecular weight is 280 g/mol. The van der Waals surface area contributed by atoms with Crippen molar-refractivity contribution in [3.8, 4) is 0 Å². The van der Waals surface area contributed by atoms with E-state index in [-0.39, 0.29) is 5.92 Å². The van der Waals surface area contributed by atoms with Gasteiger partial charge in [-0.25, -0.2) is 0 Å². The minimum absolute atomic E-state index is 0.126. The highest BCUT2D eigenvalue weighted by Gasteiger charge is 2.20. The maximum atomic E-state index is 11.5. The summed E-state index contributed by atoms with van der Waals surface area (Å²) in [6.07, 6.45) is 5.25. The van der Waals surface area contributed by atoms with Crippen molar-refractivity contribution < 1.29 is 4.79 Å². The predicted octanol–water partition coefficient (Wildman–Crippen LogP) is 5.02. The van der Waals surface area contributed by atoms with Crippen LogP contribution in [0, 0.1) is 5.92 Å². The van der Waals surface area contributed by atoms with E-state index in [1.54, 1.807) is 0 Å². The molecule has 2 aromatic rings. The standard InChI is InChI=1S/C20H24O/c1-2-20(18-13-7-4-8-14-18)19(16-21)15-9-12-17-10-5-3-6-11-17/h3-8,10-11,13-14,16,19-20H,2,9,12,15H2,1H3. The van der Waals surface area contributed by atoms with Crippen molar-refractivity contribution in [3.05, 3.63) is 71.8 Å². The van der Waals surface area contributed by atoms with Gasteiger partial charge in [0.1, 0.15) is 6.29 Å². The van der Waals surface area contributed by atoms with E-state index in [0.29, 0.717) is 5.92 Å². The van der Waals surface area contributed by atoms with E-state index in [4.69, 9.17) is 0 Å². The molecule has 0 amide bonds. The normalized spacial score (nSPS) is 13.6. The molecule has 0 spiro atoms. The highest BCUT2D eigenvalue weighted by atomic mass is 16.1. The fourth-order valence-electron chi connectivity index (χ4n) is 3.04. The third-order valence-electron chi connectivity index (χ3n) is 4.20. The second kappa shape index (κ2) is 8.41. The molecule has 0 N–H and O–H groups in total. The van der Waals surface area contributed by atoms with Gasteiger partial charge in [0.25, 0.3) is 0 Å². The first-order chi connectivity index (χ1) is 10.3. The van der Waals surface area contributed by atoms with Gasteiger partial charge in [-0.1, -0.05) is 67.6 Å². The number of aryl methyl sites for hydroxylation is 1. The lowest BCUT2D eigenvalue weighted by molar-refractivity contribution is -0.112. The van der Waals surface area contributed by atoms with Crippen LogP contribution in [0.1, 0.15) is 43.2 Å². The lowest BCUT2D eigenvalue weighted by atomic mass is 9.82. The lowest BCUT2D eigenvalue weighted by Crippen LogP contribution is -2.14. The van der Waals surface area contributed by atoms with Crippen molar-refractivity contribution >= 4 is 6.29 Å². The van der Waals surface area contributed by atoms with Crippen LogP contribution >= 0.6 is 0 Å². The molecule has 21 heavy (non-hydrogen) atoms. The van der Waals surface area contributed by atoms with Crippen molar-refractivity contribution in [2.24, 2.45) is 5.92 Å². The molecule has 0 aromatic heterocycles. The fraction of sp³-hybridized carbons (Fsp3) is 0.350. The molecular weight excluding hydrogens is 256 g/mol. The van der Waals surface area contributed by atoms with Crippen LogP contribution in [0.3, 0.4) is 0 Å². The molecular formula is C20H24O. The number of aldehydes is 1. The molecule has 1 heteroatoms. The van der Waals surface area contributed by atoms with Crippen LogP contribution in [-0.4, -0.2) is 6.29 Å². The quantitative estimate of drug-likeness (QED) is 0.621. The van der Waals surface area contributed by atoms with Gasteiger partial charge in [-0.2, -0.15) is 0 Å². The smallest absolute Gasteiger partial charge is 0.123 e. The highest BCUT2D eigenvalue weighted by molar-refractivity contribution is 5.56. The largest absolute Gasteiger partial charge is 0.303 e. The zero-order valence-corrected chi connectivity index (χ0v) is 12.7. The molecule has 110 valence electrons. The number of rotatable bonds is 8. The summed E-state index contributed by atoms with van der Waals surface area (Å²) in [5.74, 6) is 0.473. The molecule has 0 bridgehead atoms. The van der Waals surface area contributed by atoms with Gasteiger partial charge >= 0.3 is 0 Å². The van der Waals surface area contributed by atoms with Crippen molar-refractivity contribution in [2.45, 2.75) is 38.5 Å². The van der Waals surface area contributed by atoms with Crippen LogP contribution in [0.2, 0.25) is 0 Å². The average Bonchev–Trinajstić information content (AvgIpc) is 2.56. The van der Waals surface area contributed by atoms with Gasteiger partial charge in [0.05, 0.1) is 0 Å². The Hall–Kier alpha value is -1.89. The van der Waals surface area contributed by atoms with Gasteiger partial charge in [0, 0.05) is 5.92 Å². The van der Waals surface area contributed by atoms with Crippen molar-refractivity contribution in [1.82, 2.24) is 0 Å². The number of carbonyl (C=O) groups is 1. The van der Waals surface area contributed by atoms with E-state index < -0.39 is 0 Å². The molecule has 0 aliphatic carbocycles. The number of carbonyl (C=O) groups excluding carboxylic acids is 1. The zero-order valence-electron chi connectivity index (χ0n) is 12.7. The Kier molecular flexibility index (Phi) is 6.21. The summed E-state index contributed by atoms with van der Waals surface area (Å²) in [7, 11) is 0. The van der Waals surface area contributed by atoms with E-state index in [9.17, 15) is 4.79 Å². The van der Waals surface area contributed by atoms with E-state index in [0.717, 1.165) is 32.0 Å². The van der Waals surface area contributed by atoms with Gasteiger partial charge in [0.15, 0.2) is 0 Å². The van der Waals surface area contributed by atoms with Crippen LogP contribution < -0.4 is 0 Å². The molecule has 0 aliphatic heterocycles. The summed E-state index contributed by atoms with van der Waals surface area (Å²) in [6.45, 7) is 2.17. The Bertz CT molecular complexity index is 518. The maximum Gasteiger partial charge on any atom is 0.123 e. The summed E-state index contributed by atoms with van der Waals surface area (Å²) in [4.78, 5) is 11.5. The third kappa shape index (κ3) is 4.56. The van der Waals surface area contributed by atoms with E-state index in [1.807, 2.05) is 12.1 Å². The van der Waals surface area contributed by atoms with Crippen LogP contribution in [0.15, 0.2) is 60.7 Å². The molecule has 0 aliphatic rings. The van der Waals surface area contributed by atoms with Crippen LogP contribution in [0.5, 0.6) is 0 Å². The van der Waals surface area contributed by atoms with Gasteiger partial charge in [-0.3, -0.25) is 0 Å². The van der Waals surface area contributed by atoms with Crippen LogP contribution in [-0.2, 0) is 11.2 Å². The Morgan fingerprint density at radius 2 is 1.57 bits per heavy atom. The predicted molar refractivity (Wildman–Crippen MR) is 88.4 cm³/mol. The Morgan fingerprint density at radius 1 is 0.952 bits per heavy atom. The Balaban J connectivity index is 1.94. The van der Waals surface area contributed by atoms with Crippen molar-refractivity contribution in [1.29, 1.82) is 0 Å². The molecule has 2 rings (SSSR count). The second-order valence-electron chi connectivity index (χ2n) is 5.60. The monoisotopic (exact) mass is 280 g/mol. The molecule has 2 atom stereocenters. The van der Waals surface area contributed by atoms with Crippen LogP contribution in [0.25, 0.3) is 0 Å². The molecule has 0 heterocycles. The highest BCUT2D eigenvalue weighted by Crippen LogP contribution is 2.30. The van der Waals surface area contributed by atoms with E-state index in [1.165, 1.54) is 11.1 Å². The fourth-order valence-corrected chi connectivity index (χ4v) is 3.04. The summed E-state index contributed by atoms with van der Waals surface area (Å²) < 4.78 is 0. The number of hydrogen-bond donors (Lipinski definition) is 0. The van der Waals surface area contributed by atoms with Gasteiger partial charge in [0.2, 0.25) is 0 Å². The first-order valence-electron chi connectivity index (χ1n) is 7.89. The molecule has 1 nitrogen and oxygen atoms in total. The number of hydrogen-bond acceptors (Lipinski definition) is 1. The first-order valence-corrected chi connectivity index (χ1v) is 7.89. The summed E-state index contributed by atoms with van der Waals surface area (Å²) in [6, 6.07) is 20.9. The van der Waals surface area contributed by atoms with Gasteiger partial charge < -0.3 is 4.79 Å². The second-order valence-corrected chi connectivity index (χ2v) is 5.60. The molecule has 2 aromatic carbocycles. The minimum Gasteiger partial charge on any atom is -0.303 e. The molecule has 0 fully saturated rings. The van der Waals surface area contributed by atoms with Crippen molar-refractivity contribution in [2.75, 3.05) is 0 Å². The van der Waals surface area contributed by atoms with Gasteiger partial charge in [-0.15, -0.1) is 0 Å². The van der Waals surface area contributed by atoms with Gasteiger partial charge in [-0.05, 0) is 42.7 Å². The third-order valence-corrected chi connectivity index (χ3v) is 4.20. The van der Waals surface area contributed by atoms with Crippen molar-refractivity contribution in [3.63, 3.8) is 0 Å². The molecule has 2 unspecified atom stereocenters. The Morgan fingerprint density at radius 3 is 2.14 bits per heavy atom. The van der Waals surface area contributed by atoms with E-state index in [2.05, 4.69) is 55.5 Å². The molecule has 0 saturated heterocycles. The summed E-state index contributed by atoms with van der Waals surface area (Å²) >= 11 is 0. The summed E-state index contributed by atoms with van der Waals surface area (Å²) in [5, 5.41) is 0.